The minimum Gasteiger partial charge on any atom is -1.00 e. The first-order valence-corrected chi connectivity index (χ1v) is 8.36. The van der Waals surface area contributed by atoms with Crippen LogP contribution < -0.4 is 28.7 Å². The van der Waals surface area contributed by atoms with Crippen LogP contribution in [0, 0.1) is 0 Å². The lowest BCUT2D eigenvalue weighted by Gasteiger charge is -2.35. The third kappa shape index (κ3) is 5.50. The Hall–Kier alpha value is -1.07. The van der Waals surface area contributed by atoms with Gasteiger partial charge >= 0.3 is 0 Å². The lowest BCUT2D eigenvalue weighted by Crippen LogP contribution is -3.00. The molecule has 2 aromatic rings. The number of rotatable bonds is 8. The molecule has 0 fully saturated rings. The molecule has 0 heterocycles. The Morgan fingerprint density at radius 1 is 0.739 bits per heavy atom. The molecule has 126 valence electrons. The van der Waals surface area contributed by atoms with Crippen molar-refractivity contribution in [3.63, 3.8) is 0 Å². The molecule has 0 amide bonds. The molecule has 0 saturated carbocycles. The van der Waals surface area contributed by atoms with Gasteiger partial charge in [0.1, 0.15) is 18.9 Å². The van der Waals surface area contributed by atoms with Crippen LogP contribution in [0.5, 0.6) is 5.75 Å². The fourth-order valence-corrected chi connectivity index (χ4v) is 2.88. The van der Waals surface area contributed by atoms with E-state index in [4.69, 9.17) is 4.74 Å². The van der Waals surface area contributed by atoms with E-state index >= 15 is 0 Å². The normalized spacial score (nSPS) is 10.9. The van der Waals surface area contributed by atoms with Gasteiger partial charge in [-0.05, 0) is 44.0 Å². The van der Waals surface area contributed by atoms with Crippen molar-refractivity contribution in [3.05, 3.63) is 54.6 Å². The first-order chi connectivity index (χ1) is 10.7. The van der Waals surface area contributed by atoms with Gasteiger partial charge < -0.3 is 33.2 Å². The zero-order valence-corrected chi connectivity index (χ0v) is 16.6. The number of hydrogen-bond donors (Lipinski definition) is 0. The average Bonchev–Trinajstić information content (AvgIpc) is 2.60. The second-order valence-corrected chi connectivity index (χ2v) is 5.75. The lowest BCUT2D eigenvalue weighted by atomic mass is 10.1. The molecule has 0 aliphatic carbocycles. The number of quaternary nitrogens is 1. The highest BCUT2D eigenvalue weighted by atomic mass is 127. The van der Waals surface area contributed by atoms with Gasteiger partial charge in [0, 0.05) is 0 Å². The summed E-state index contributed by atoms with van der Waals surface area (Å²) in [7, 11) is 0. The van der Waals surface area contributed by atoms with Crippen LogP contribution >= 0.6 is 0 Å². The van der Waals surface area contributed by atoms with Gasteiger partial charge in [0.2, 0.25) is 0 Å². The molecule has 0 unspecified atom stereocenters. The number of likely N-dealkylation sites (N-methyl/N-ethyl adjacent to an activating group) is 1. The SMILES string of the molecule is CC[N+](CC)(CC)CCOc1ccc(-c2ccccc2)cc1.[I-]. The van der Waals surface area contributed by atoms with Gasteiger partial charge in [-0.15, -0.1) is 0 Å². The van der Waals surface area contributed by atoms with E-state index in [9.17, 15) is 0 Å². The molecule has 0 atom stereocenters. The van der Waals surface area contributed by atoms with Crippen molar-refractivity contribution in [3.8, 4) is 16.9 Å². The molecule has 0 radical (unpaired) electrons. The molecule has 0 spiro atoms. The lowest BCUT2D eigenvalue weighted by molar-refractivity contribution is -0.923. The summed E-state index contributed by atoms with van der Waals surface area (Å²) in [5.74, 6) is 0.959. The van der Waals surface area contributed by atoms with Crippen LogP contribution in [0.1, 0.15) is 20.8 Å². The summed E-state index contributed by atoms with van der Waals surface area (Å²) in [5, 5.41) is 0. The highest BCUT2D eigenvalue weighted by Gasteiger charge is 2.20. The molecular formula is C20H28INO. The summed E-state index contributed by atoms with van der Waals surface area (Å²) in [5.41, 5.74) is 2.47. The molecule has 0 N–H and O–H groups in total. The molecule has 0 saturated heterocycles. The minimum atomic E-state index is 0. The second kappa shape index (κ2) is 9.93. The summed E-state index contributed by atoms with van der Waals surface area (Å²) in [6, 6.07) is 18.8. The second-order valence-electron chi connectivity index (χ2n) is 5.75. The Morgan fingerprint density at radius 2 is 1.26 bits per heavy atom. The average molecular weight is 425 g/mol. The Kier molecular flexibility index (Phi) is 8.63. The van der Waals surface area contributed by atoms with Gasteiger partial charge in [0.05, 0.1) is 19.6 Å². The van der Waals surface area contributed by atoms with Gasteiger partial charge in [-0.2, -0.15) is 0 Å². The van der Waals surface area contributed by atoms with E-state index in [1.807, 2.05) is 6.07 Å². The van der Waals surface area contributed by atoms with Crippen LogP contribution in [-0.4, -0.2) is 37.3 Å². The molecule has 23 heavy (non-hydrogen) atoms. The van der Waals surface area contributed by atoms with Gasteiger partial charge in [-0.3, -0.25) is 0 Å². The Morgan fingerprint density at radius 3 is 1.78 bits per heavy atom. The van der Waals surface area contributed by atoms with E-state index in [1.165, 1.54) is 30.8 Å². The van der Waals surface area contributed by atoms with E-state index in [0.717, 1.165) is 23.4 Å². The highest BCUT2D eigenvalue weighted by Crippen LogP contribution is 2.22. The van der Waals surface area contributed by atoms with E-state index in [0.29, 0.717) is 0 Å². The molecule has 0 aliphatic rings. The standard InChI is InChI=1S/C20H28NO.HI/c1-4-21(5-2,6-3)16-17-22-20-14-12-19(13-15-20)18-10-8-7-9-11-18;/h7-15H,4-6,16-17H2,1-3H3;1H/q+1;/p-1. The van der Waals surface area contributed by atoms with E-state index in [-0.39, 0.29) is 24.0 Å². The molecule has 2 aromatic carbocycles. The maximum atomic E-state index is 5.94. The molecule has 0 aromatic heterocycles. The highest BCUT2D eigenvalue weighted by molar-refractivity contribution is 5.63. The van der Waals surface area contributed by atoms with Crippen molar-refractivity contribution in [2.24, 2.45) is 0 Å². The predicted molar refractivity (Wildman–Crippen MR) is 94.1 cm³/mol. The maximum Gasteiger partial charge on any atom is 0.137 e. The number of nitrogens with zero attached hydrogens (tertiary/aromatic N) is 1. The van der Waals surface area contributed by atoms with E-state index in [2.05, 4.69) is 69.3 Å². The molecule has 3 heteroatoms. The first kappa shape index (κ1) is 20.0. The molecule has 2 nitrogen and oxygen atoms in total. The fourth-order valence-electron chi connectivity index (χ4n) is 2.88. The zero-order valence-electron chi connectivity index (χ0n) is 14.5. The van der Waals surface area contributed by atoms with E-state index < -0.39 is 0 Å². The predicted octanol–water partition coefficient (Wildman–Crippen LogP) is 1.61. The molecule has 0 aliphatic heterocycles. The van der Waals surface area contributed by atoms with Crippen LogP contribution in [0.2, 0.25) is 0 Å². The topological polar surface area (TPSA) is 9.23 Å². The minimum absolute atomic E-state index is 0. The van der Waals surface area contributed by atoms with Crippen LogP contribution in [0.3, 0.4) is 0 Å². The zero-order chi connectivity index (χ0) is 15.8. The number of benzene rings is 2. The summed E-state index contributed by atoms with van der Waals surface area (Å²) in [6.07, 6.45) is 0. The quantitative estimate of drug-likeness (QED) is 0.462. The van der Waals surface area contributed by atoms with Crippen LogP contribution in [0.25, 0.3) is 11.1 Å². The van der Waals surface area contributed by atoms with Gasteiger partial charge in [-0.1, -0.05) is 42.5 Å². The molecular weight excluding hydrogens is 397 g/mol. The third-order valence-electron chi connectivity index (χ3n) is 4.81. The largest absolute Gasteiger partial charge is 1.00 e. The van der Waals surface area contributed by atoms with Gasteiger partial charge in [0.15, 0.2) is 0 Å². The molecule has 0 bridgehead atoms. The fraction of sp³-hybridized carbons (Fsp3) is 0.400. The van der Waals surface area contributed by atoms with Crippen molar-refractivity contribution < 1.29 is 33.2 Å². The third-order valence-corrected chi connectivity index (χ3v) is 4.81. The summed E-state index contributed by atoms with van der Waals surface area (Å²) < 4.78 is 7.07. The van der Waals surface area contributed by atoms with Gasteiger partial charge in [-0.25, -0.2) is 0 Å². The van der Waals surface area contributed by atoms with E-state index in [1.54, 1.807) is 0 Å². The Balaban J connectivity index is 0.00000264. The Labute approximate surface area is 158 Å². The summed E-state index contributed by atoms with van der Waals surface area (Å²) in [6.45, 7) is 12.2. The molecule has 2 rings (SSSR count). The first-order valence-electron chi connectivity index (χ1n) is 8.36. The number of halogens is 1. The van der Waals surface area contributed by atoms with Crippen molar-refractivity contribution in [1.82, 2.24) is 0 Å². The van der Waals surface area contributed by atoms with Crippen molar-refractivity contribution in [2.75, 3.05) is 32.8 Å². The smallest absolute Gasteiger partial charge is 0.137 e. The van der Waals surface area contributed by atoms with Gasteiger partial charge in [0.25, 0.3) is 0 Å². The van der Waals surface area contributed by atoms with Crippen molar-refractivity contribution >= 4 is 0 Å². The van der Waals surface area contributed by atoms with Crippen LogP contribution in [0.4, 0.5) is 0 Å². The summed E-state index contributed by atoms with van der Waals surface area (Å²) >= 11 is 0. The van der Waals surface area contributed by atoms with Crippen molar-refractivity contribution in [2.45, 2.75) is 20.8 Å². The Bertz CT molecular complexity index is 541. The number of hydrogen-bond acceptors (Lipinski definition) is 1. The maximum absolute atomic E-state index is 5.94. The number of ether oxygens (including phenoxy) is 1. The monoisotopic (exact) mass is 425 g/mol. The summed E-state index contributed by atoms with van der Waals surface area (Å²) in [4.78, 5) is 0. The van der Waals surface area contributed by atoms with Crippen molar-refractivity contribution in [1.29, 1.82) is 0 Å². The van der Waals surface area contributed by atoms with Crippen LogP contribution in [-0.2, 0) is 0 Å². The van der Waals surface area contributed by atoms with Crippen LogP contribution in [0.15, 0.2) is 54.6 Å².